The topological polar surface area (TPSA) is 46.2 Å². The van der Waals surface area contributed by atoms with Gasteiger partial charge in [-0.25, -0.2) is 0 Å². The van der Waals surface area contributed by atoms with Gasteiger partial charge in [0, 0.05) is 24.3 Å². The first-order chi connectivity index (χ1) is 9.25. The number of hydrogen-bond donors (Lipinski definition) is 1. The molecule has 2 bridgehead atoms. The summed E-state index contributed by atoms with van der Waals surface area (Å²) in [6.07, 6.45) is 6.36. The summed E-state index contributed by atoms with van der Waals surface area (Å²) in [5, 5.41) is 2.89. The first kappa shape index (κ1) is 13.9. The highest BCUT2D eigenvalue weighted by Crippen LogP contribution is 2.16. The second-order valence-electron chi connectivity index (χ2n) is 4.41. The lowest BCUT2D eigenvalue weighted by molar-refractivity contribution is -0.120. The van der Waals surface area contributed by atoms with Crippen LogP contribution in [-0.4, -0.2) is 23.3 Å². The highest BCUT2D eigenvalue weighted by atomic mass is 32.2. The standard InChI is InChI=1S/C15H17NO2S/c17-14-8-10-19-15(18)13-7-4-6-12(11-13)5-2-1-3-9-16-14/h2,4-7,11H,1,3,8-10H2,(H,16,17)/b5-2-. The zero-order chi connectivity index (χ0) is 13.5. The van der Waals surface area contributed by atoms with Gasteiger partial charge in [-0.2, -0.15) is 0 Å². The molecule has 100 valence electrons. The van der Waals surface area contributed by atoms with Gasteiger partial charge >= 0.3 is 0 Å². The van der Waals surface area contributed by atoms with Crippen LogP contribution in [-0.2, 0) is 4.79 Å². The quantitative estimate of drug-likeness (QED) is 0.792. The number of amides is 1. The molecule has 4 heteroatoms. The average Bonchev–Trinajstić information content (AvgIpc) is 2.42. The minimum Gasteiger partial charge on any atom is -0.356 e. The molecule has 0 saturated carbocycles. The number of hydrogen-bond acceptors (Lipinski definition) is 3. The maximum absolute atomic E-state index is 12.0. The molecule has 0 aliphatic carbocycles. The summed E-state index contributed by atoms with van der Waals surface area (Å²) >= 11 is 1.20. The zero-order valence-corrected chi connectivity index (χ0v) is 11.5. The van der Waals surface area contributed by atoms with Gasteiger partial charge in [-0.3, -0.25) is 9.59 Å². The van der Waals surface area contributed by atoms with Crippen LogP contribution in [0.3, 0.4) is 0 Å². The lowest BCUT2D eigenvalue weighted by atomic mass is 10.1. The number of nitrogens with one attached hydrogen (secondary N) is 1. The van der Waals surface area contributed by atoms with E-state index in [1.165, 1.54) is 11.8 Å². The number of fused-ring (bicyclic) bond motifs is 2. The van der Waals surface area contributed by atoms with E-state index in [0.29, 0.717) is 24.3 Å². The Bertz CT molecular complexity index is 497. The summed E-state index contributed by atoms with van der Waals surface area (Å²) in [4.78, 5) is 23.4. The van der Waals surface area contributed by atoms with Crippen molar-refractivity contribution < 1.29 is 9.59 Å². The predicted molar refractivity (Wildman–Crippen MR) is 79.1 cm³/mol. The van der Waals surface area contributed by atoms with Crippen LogP contribution < -0.4 is 5.32 Å². The van der Waals surface area contributed by atoms with Gasteiger partial charge in [0.25, 0.3) is 0 Å². The first-order valence-corrected chi connectivity index (χ1v) is 7.45. The predicted octanol–water partition coefficient (Wildman–Crippen LogP) is 2.87. The van der Waals surface area contributed by atoms with Gasteiger partial charge in [-0.1, -0.05) is 42.1 Å². The molecule has 0 radical (unpaired) electrons. The number of thioether (sulfide) groups is 1. The summed E-state index contributed by atoms with van der Waals surface area (Å²) in [7, 11) is 0. The summed E-state index contributed by atoms with van der Waals surface area (Å²) in [5.74, 6) is 0.556. The van der Waals surface area contributed by atoms with Crippen LogP contribution in [0.25, 0.3) is 6.08 Å². The molecule has 19 heavy (non-hydrogen) atoms. The molecule has 0 aromatic heterocycles. The summed E-state index contributed by atoms with van der Waals surface area (Å²) < 4.78 is 0. The van der Waals surface area contributed by atoms with Crippen LogP contribution in [0.1, 0.15) is 35.2 Å². The number of rotatable bonds is 0. The lowest BCUT2D eigenvalue weighted by Gasteiger charge is -2.06. The van der Waals surface area contributed by atoms with Gasteiger partial charge in [-0.05, 0) is 24.5 Å². The van der Waals surface area contributed by atoms with E-state index in [1.807, 2.05) is 30.3 Å². The third-order valence-electron chi connectivity index (χ3n) is 2.86. The smallest absolute Gasteiger partial charge is 0.220 e. The van der Waals surface area contributed by atoms with E-state index in [4.69, 9.17) is 0 Å². The molecule has 0 saturated heterocycles. The average molecular weight is 275 g/mol. The molecule has 3 nitrogen and oxygen atoms in total. The molecule has 2 rings (SSSR count). The van der Waals surface area contributed by atoms with Gasteiger partial charge in [0.1, 0.15) is 0 Å². The van der Waals surface area contributed by atoms with Crippen LogP contribution in [0.15, 0.2) is 30.3 Å². The molecule has 1 aromatic carbocycles. The Labute approximate surface area is 117 Å². The Morgan fingerprint density at radius 3 is 3.00 bits per heavy atom. The van der Waals surface area contributed by atoms with Crippen molar-refractivity contribution >= 4 is 28.9 Å². The van der Waals surface area contributed by atoms with Gasteiger partial charge in [-0.15, -0.1) is 0 Å². The molecular weight excluding hydrogens is 258 g/mol. The number of allylic oxidation sites excluding steroid dienone is 1. The fourth-order valence-electron chi connectivity index (χ4n) is 1.84. The molecule has 1 aliphatic heterocycles. The van der Waals surface area contributed by atoms with E-state index in [-0.39, 0.29) is 11.0 Å². The normalized spacial score (nSPS) is 19.4. The van der Waals surface area contributed by atoms with Gasteiger partial charge in [0.15, 0.2) is 0 Å². The minimum absolute atomic E-state index is 0.0232. The van der Waals surface area contributed by atoms with E-state index in [9.17, 15) is 9.59 Å². The summed E-state index contributed by atoms with van der Waals surface area (Å²) in [6, 6.07) is 7.61. The second-order valence-corrected chi connectivity index (χ2v) is 5.47. The van der Waals surface area contributed by atoms with Crippen LogP contribution in [0.5, 0.6) is 0 Å². The maximum atomic E-state index is 12.0. The van der Waals surface area contributed by atoms with Crippen molar-refractivity contribution in [3.63, 3.8) is 0 Å². The van der Waals surface area contributed by atoms with Crippen LogP contribution in [0.4, 0.5) is 0 Å². The molecule has 1 amide bonds. The molecular formula is C15H17NO2S. The highest BCUT2D eigenvalue weighted by molar-refractivity contribution is 8.14. The Kier molecular flexibility index (Phi) is 5.21. The van der Waals surface area contributed by atoms with Crippen molar-refractivity contribution in [3.05, 3.63) is 41.5 Å². The van der Waals surface area contributed by atoms with E-state index in [1.54, 1.807) is 0 Å². The molecule has 0 atom stereocenters. The number of carbonyl (C=O) groups excluding carboxylic acids is 2. The van der Waals surface area contributed by atoms with Crippen molar-refractivity contribution in [2.75, 3.05) is 12.3 Å². The van der Waals surface area contributed by atoms with E-state index >= 15 is 0 Å². The number of benzene rings is 1. The van der Waals surface area contributed by atoms with E-state index < -0.39 is 0 Å². The molecule has 1 aromatic rings. The molecule has 1 N–H and O–H groups in total. The Balaban J connectivity index is 2.13. The largest absolute Gasteiger partial charge is 0.356 e. The lowest BCUT2D eigenvalue weighted by Crippen LogP contribution is -2.24. The molecule has 0 fully saturated rings. The van der Waals surface area contributed by atoms with Crippen LogP contribution >= 0.6 is 11.8 Å². The zero-order valence-electron chi connectivity index (χ0n) is 10.7. The fourth-order valence-corrected chi connectivity index (χ4v) is 2.61. The minimum atomic E-state index is 0.0232. The SMILES string of the molecule is O=C1CCSC(=O)c2cccc(c2)/C=C\CCCN1. The highest BCUT2D eigenvalue weighted by Gasteiger charge is 2.09. The van der Waals surface area contributed by atoms with Gasteiger partial charge in [0.2, 0.25) is 11.0 Å². The third-order valence-corrected chi connectivity index (χ3v) is 3.77. The maximum Gasteiger partial charge on any atom is 0.220 e. The third kappa shape index (κ3) is 4.56. The van der Waals surface area contributed by atoms with Crippen molar-refractivity contribution in [3.8, 4) is 0 Å². The van der Waals surface area contributed by atoms with Gasteiger partial charge in [0.05, 0.1) is 0 Å². The van der Waals surface area contributed by atoms with Crippen LogP contribution in [0.2, 0.25) is 0 Å². The molecule has 1 aliphatic rings. The van der Waals surface area contributed by atoms with Crippen LogP contribution in [0, 0.1) is 0 Å². The fraction of sp³-hybridized carbons (Fsp3) is 0.333. The van der Waals surface area contributed by atoms with E-state index in [0.717, 1.165) is 18.4 Å². The van der Waals surface area contributed by atoms with Crippen molar-refractivity contribution in [2.24, 2.45) is 0 Å². The second kappa shape index (κ2) is 7.14. The van der Waals surface area contributed by atoms with Crippen molar-refractivity contribution in [2.45, 2.75) is 19.3 Å². The Morgan fingerprint density at radius 2 is 2.11 bits per heavy atom. The Morgan fingerprint density at radius 1 is 1.21 bits per heavy atom. The first-order valence-electron chi connectivity index (χ1n) is 6.46. The Hall–Kier alpha value is -1.55. The van der Waals surface area contributed by atoms with Gasteiger partial charge < -0.3 is 5.32 Å². The summed E-state index contributed by atoms with van der Waals surface area (Å²) in [5.41, 5.74) is 1.75. The van der Waals surface area contributed by atoms with Crippen molar-refractivity contribution in [1.29, 1.82) is 0 Å². The molecule has 0 unspecified atom stereocenters. The molecule has 0 spiro atoms. The van der Waals surface area contributed by atoms with E-state index in [2.05, 4.69) is 11.4 Å². The number of carbonyl (C=O) groups is 2. The molecule has 1 heterocycles. The monoisotopic (exact) mass is 275 g/mol. The van der Waals surface area contributed by atoms with Crippen molar-refractivity contribution in [1.82, 2.24) is 5.32 Å². The summed E-state index contributed by atoms with van der Waals surface area (Å²) in [6.45, 7) is 0.696.